The Morgan fingerprint density at radius 3 is 2.29 bits per heavy atom. The van der Waals surface area contributed by atoms with Gasteiger partial charge in [-0.25, -0.2) is 0 Å². The van der Waals surface area contributed by atoms with Crippen molar-refractivity contribution < 1.29 is 9.53 Å². The highest BCUT2D eigenvalue weighted by molar-refractivity contribution is 5.77. The first-order valence-corrected chi connectivity index (χ1v) is 7.85. The largest absolute Gasteiger partial charge is 0.460 e. The van der Waals surface area contributed by atoms with E-state index in [1.54, 1.807) is 0 Å². The van der Waals surface area contributed by atoms with Crippen molar-refractivity contribution in [1.29, 1.82) is 0 Å². The van der Waals surface area contributed by atoms with Gasteiger partial charge >= 0.3 is 5.97 Å². The van der Waals surface area contributed by atoms with E-state index in [9.17, 15) is 4.79 Å². The van der Waals surface area contributed by atoms with Crippen molar-refractivity contribution in [2.45, 2.75) is 58.0 Å². The van der Waals surface area contributed by atoms with Crippen molar-refractivity contribution in [3.63, 3.8) is 0 Å². The second-order valence-electron chi connectivity index (χ2n) is 7.17. The highest BCUT2D eigenvalue weighted by Crippen LogP contribution is 2.43. The molecule has 0 amide bonds. The summed E-state index contributed by atoms with van der Waals surface area (Å²) in [5.74, 6) is 0.414. The molecule has 0 saturated heterocycles. The molecule has 21 heavy (non-hydrogen) atoms. The van der Waals surface area contributed by atoms with Crippen LogP contribution >= 0.6 is 0 Å². The first-order valence-electron chi connectivity index (χ1n) is 7.85. The number of benzene rings is 1. The number of ether oxygens (including phenoxy) is 1. The summed E-state index contributed by atoms with van der Waals surface area (Å²) in [6.45, 7) is 6.10. The fourth-order valence-corrected chi connectivity index (χ4v) is 3.11. The van der Waals surface area contributed by atoms with Crippen LogP contribution in [0.15, 0.2) is 30.3 Å². The fraction of sp³-hybridized carbons (Fsp3) is 0.611. The van der Waals surface area contributed by atoms with E-state index < -0.39 is 11.0 Å². The monoisotopic (exact) mass is 289 g/mol. The maximum Gasteiger partial charge on any atom is 0.313 e. The van der Waals surface area contributed by atoms with Crippen LogP contribution in [0.2, 0.25) is 0 Å². The van der Waals surface area contributed by atoms with Gasteiger partial charge in [-0.2, -0.15) is 0 Å². The van der Waals surface area contributed by atoms with Gasteiger partial charge in [0.1, 0.15) is 5.60 Å². The van der Waals surface area contributed by atoms with Crippen LogP contribution in [0.1, 0.15) is 57.9 Å². The molecule has 0 bridgehead atoms. The van der Waals surface area contributed by atoms with Crippen LogP contribution in [-0.2, 0) is 9.53 Å². The van der Waals surface area contributed by atoms with Gasteiger partial charge in [0.15, 0.2) is 0 Å². The molecular formula is C18H27NO2. The lowest BCUT2D eigenvalue weighted by atomic mass is 9.69. The molecule has 116 valence electrons. The topological polar surface area (TPSA) is 52.3 Å². The molecule has 0 unspecified atom stereocenters. The SMILES string of the molecule is CC(C)(C)OC(=O)C1(CN)CCC(c2ccccc2)CC1. The number of hydrogen-bond donors (Lipinski definition) is 1. The molecule has 1 fully saturated rings. The maximum atomic E-state index is 12.5. The summed E-state index contributed by atoms with van der Waals surface area (Å²) in [5, 5.41) is 0. The zero-order chi connectivity index (χ0) is 15.5. The summed E-state index contributed by atoms with van der Waals surface area (Å²) < 4.78 is 5.59. The first-order chi connectivity index (χ1) is 9.86. The fourth-order valence-electron chi connectivity index (χ4n) is 3.11. The molecule has 1 saturated carbocycles. The highest BCUT2D eigenvalue weighted by Gasteiger charge is 2.43. The summed E-state index contributed by atoms with van der Waals surface area (Å²) in [4.78, 5) is 12.5. The molecule has 2 N–H and O–H groups in total. The summed E-state index contributed by atoms with van der Waals surface area (Å²) >= 11 is 0. The van der Waals surface area contributed by atoms with Crippen molar-refractivity contribution in [3.05, 3.63) is 35.9 Å². The van der Waals surface area contributed by atoms with Gasteiger partial charge in [-0.3, -0.25) is 4.79 Å². The molecule has 2 rings (SSSR count). The minimum atomic E-state index is -0.488. The molecule has 1 aliphatic carbocycles. The number of carbonyl (C=O) groups excluding carboxylic acids is 1. The van der Waals surface area contributed by atoms with E-state index in [4.69, 9.17) is 10.5 Å². The molecule has 3 nitrogen and oxygen atoms in total. The molecule has 0 heterocycles. The van der Waals surface area contributed by atoms with Gasteiger partial charge in [0.05, 0.1) is 5.41 Å². The molecule has 0 aliphatic heterocycles. The van der Waals surface area contributed by atoms with Gasteiger partial charge in [-0.15, -0.1) is 0 Å². The number of rotatable bonds is 3. The Labute approximate surface area is 127 Å². The molecule has 3 heteroatoms. The van der Waals surface area contributed by atoms with Crippen LogP contribution in [0.25, 0.3) is 0 Å². The van der Waals surface area contributed by atoms with Crippen LogP contribution < -0.4 is 5.73 Å². The molecular weight excluding hydrogens is 262 g/mol. The van der Waals surface area contributed by atoms with Gasteiger partial charge in [-0.05, 0) is 57.9 Å². The average Bonchev–Trinajstić information content (AvgIpc) is 2.46. The van der Waals surface area contributed by atoms with E-state index >= 15 is 0 Å². The lowest BCUT2D eigenvalue weighted by Crippen LogP contribution is -2.45. The van der Waals surface area contributed by atoms with E-state index in [-0.39, 0.29) is 5.97 Å². The first kappa shape index (κ1) is 16.0. The Balaban J connectivity index is 2.04. The predicted octanol–water partition coefficient (Wildman–Crippen LogP) is 3.63. The molecule has 1 aromatic rings. The van der Waals surface area contributed by atoms with Crippen molar-refractivity contribution >= 4 is 5.97 Å². The highest BCUT2D eigenvalue weighted by atomic mass is 16.6. The molecule has 0 spiro atoms. The van der Waals surface area contributed by atoms with Crippen LogP contribution in [0, 0.1) is 5.41 Å². The standard InChI is InChI=1S/C18H27NO2/c1-17(2,3)21-16(20)18(13-19)11-9-15(10-12-18)14-7-5-4-6-8-14/h4-8,15H,9-13,19H2,1-3H3. The Kier molecular flexibility index (Phi) is 4.72. The molecule has 1 aliphatic rings. The maximum absolute atomic E-state index is 12.5. The van der Waals surface area contributed by atoms with E-state index in [0.717, 1.165) is 25.7 Å². The third kappa shape index (κ3) is 3.85. The van der Waals surface area contributed by atoms with Crippen molar-refractivity contribution in [1.82, 2.24) is 0 Å². The van der Waals surface area contributed by atoms with E-state index in [2.05, 4.69) is 24.3 Å². The molecule has 1 aromatic carbocycles. The zero-order valence-electron chi connectivity index (χ0n) is 13.4. The van der Waals surface area contributed by atoms with Gasteiger partial charge in [-0.1, -0.05) is 30.3 Å². The van der Waals surface area contributed by atoms with Crippen molar-refractivity contribution in [2.75, 3.05) is 6.54 Å². The van der Waals surface area contributed by atoms with Crippen LogP contribution in [0.5, 0.6) is 0 Å². The summed E-state index contributed by atoms with van der Waals surface area (Å²) in [6, 6.07) is 10.5. The van der Waals surface area contributed by atoms with Crippen LogP contribution in [-0.4, -0.2) is 18.1 Å². The third-order valence-corrected chi connectivity index (χ3v) is 4.44. The van der Waals surface area contributed by atoms with Crippen LogP contribution in [0.4, 0.5) is 0 Å². The summed E-state index contributed by atoms with van der Waals surface area (Å²) in [5.41, 5.74) is 6.37. The second kappa shape index (κ2) is 6.18. The number of carbonyl (C=O) groups is 1. The quantitative estimate of drug-likeness (QED) is 0.864. The zero-order valence-corrected chi connectivity index (χ0v) is 13.4. The third-order valence-electron chi connectivity index (χ3n) is 4.44. The minimum absolute atomic E-state index is 0.121. The van der Waals surface area contributed by atoms with Gasteiger partial charge in [0.2, 0.25) is 0 Å². The van der Waals surface area contributed by atoms with E-state index in [1.807, 2.05) is 26.8 Å². The smallest absolute Gasteiger partial charge is 0.313 e. The molecule has 0 radical (unpaired) electrons. The van der Waals surface area contributed by atoms with Crippen LogP contribution in [0.3, 0.4) is 0 Å². The van der Waals surface area contributed by atoms with Gasteiger partial charge < -0.3 is 10.5 Å². The number of esters is 1. The van der Waals surface area contributed by atoms with Gasteiger partial charge in [0, 0.05) is 6.54 Å². The Morgan fingerprint density at radius 1 is 1.24 bits per heavy atom. The normalized spacial score (nSPS) is 26.4. The average molecular weight is 289 g/mol. The van der Waals surface area contributed by atoms with Crippen molar-refractivity contribution in [2.24, 2.45) is 11.1 Å². The number of nitrogens with two attached hydrogens (primary N) is 1. The summed E-state index contributed by atoms with van der Waals surface area (Å²) in [6.07, 6.45) is 3.64. The lowest BCUT2D eigenvalue weighted by molar-refractivity contribution is -0.169. The predicted molar refractivity (Wildman–Crippen MR) is 85.0 cm³/mol. The summed E-state index contributed by atoms with van der Waals surface area (Å²) in [7, 11) is 0. The Hall–Kier alpha value is -1.35. The van der Waals surface area contributed by atoms with Gasteiger partial charge in [0.25, 0.3) is 0 Å². The Bertz CT molecular complexity index is 468. The number of hydrogen-bond acceptors (Lipinski definition) is 3. The van der Waals surface area contributed by atoms with E-state index in [0.29, 0.717) is 12.5 Å². The van der Waals surface area contributed by atoms with E-state index in [1.165, 1.54) is 5.56 Å². The lowest BCUT2D eigenvalue weighted by Gasteiger charge is -2.39. The minimum Gasteiger partial charge on any atom is -0.460 e. The molecule has 0 aromatic heterocycles. The van der Waals surface area contributed by atoms with Crippen molar-refractivity contribution in [3.8, 4) is 0 Å². The Morgan fingerprint density at radius 2 is 1.81 bits per heavy atom. The molecule has 0 atom stereocenters. The second-order valence-corrected chi connectivity index (χ2v) is 7.17.